The first-order valence-corrected chi connectivity index (χ1v) is 13.9. The van der Waals surface area contributed by atoms with Crippen molar-refractivity contribution in [2.75, 3.05) is 45.9 Å². The average Bonchev–Trinajstić information content (AvgIpc) is 2.85. The van der Waals surface area contributed by atoms with Crippen molar-refractivity contribution in [3.05, 3.63) is 64.7 Å². The van der Waals surface area contributed by atoms with Crippen molar-refractivity contribution in [2.45, 2.75) is 44.6 Å². The average molecular weight is 500 g/mol. The molecule has 0 saturated carbocycles. The van der Waals surface area contributed by atoms with Crippen molar-refractivity contribution in [1.29, 1.82) is 0 Å². The molecule has 190 valence electrons. The zero-order valence-electron chi connectivity index (χ0n) is 21.0. The third-order valence-electron chi connectivity index (χ3n) is 7.19. The van der Waals surface area contributed by atoms with E-state index in [0.717, 1.165) is 24.2 Å². The number of rotatable bonds is 7. The Balaban J connectivity index is 1.36. The van der Waals surface area contributed by atoms with E-state index in [1.54, 1.807) is 6.07 Å². The molecule has 0 spiro atoms. The number of carbonyl (C=O) groups excluding carboxylic acids is 1. The zero-order valence-corrected chi connectivity index (χ0v) is 21.8. The van der Waals surface area contributed by atoms with Gasteiger partial charge in [-0.1, -0.05) is 47.5 Å². The third-order valence-corrected chi connectivity index (χ3v) is 9.25. The lowest BCUT2D eigenvalue weighted by Gasteiger charge is -2.36. The summed E-state index contributed by atoms with van der Waals surface area (Å²) in [5.41, 5.74) is 4.20. The van der Waals surface area contributed by atoms with Crippen LogP contribution in [0.15, 0.2) is 47.4 Å². The first-order chi connectivity index (χ1) is 16.8. The molecule has 2 fully saturated rings. The minimum Gasteiger partial charge on any atom is -0.379 e. The largest absolute Gasteiger partial charge is 0.379 e. The third kappa shape index (κ3) is 6.12. The predicted octanol–water partition coefficient (Wildman–Crippen LogP) is 3.20. The van der Waals surface area contributed by atoms with Crippen LogP contribution in [-0.2, 0) is 19.6 Å². The summed E-state index contributed by atoms with van der Waals surface area (Å²) < 4.78 is 33.4. The number of morpholine rings is 1. The molecule has 2 saturated heterocycles. The normalized spacial score (nSPS) is 19.4. The van der Waals surface area contributed by atoms with Crippen LogP contribution in [0.5, 0.6) is 0 Å². The van der Waals surface area contributed by atoms with E-state index in [0.29, 0.717) is 50.6 Å². The Bertz CT molecular complexity index is 1120. The number of carbonyl (C=O) groups is 1. The number of benzene rings is 2. The molecule has 0 aliphatic carbocycles. The molecule has 2 aliphatic heterocycles. The summed E-state index contributed by atoms with van der Waals surface area (Å²) in [6.45, 7) is 10.2. The van der Waals surface area contributed by atoms with E-state index in [1.165, 1.54) is 15.4 Å². The van der Waals surface area contributed by atoms with Crippen LogP contribution in [0.3, 0.4) is 0 Å². The van der Waals surface area contributed by atoms with Gasteiger partial charge < -0.3 is 10.1 Å². The second-order valence-corrected chi connectivity index (χ2v) is 11.7. The van der Waals surface area contributed by atoms with Crippen LogP contribution >= 0.6 is 0 Å². The summed E-state index contributed by atoms with van der Waals surface area (Å²) in [7, 11) is -3.56. The summed E-state index contributed by atoms with van der Waals surface area (Å²) in [5.74, 6) is -0.164. The maximum absolute atomic E-state index is 13.2. The number of hydrogen-bond donors (Lipinski definition) is 1. The van der Waals surface area contributed by atoms with Crippen LogP contribution in [0, 0.1) is 26.7 Å². The van der Waals surface area contributed by atoms with Gasteiger partial charge >= 0.3 is 0 Å². The van der Waals surface area contributed by atoms with Crippen molar-refractivity contribution >= 4 is 15.9 Å². The Morgan fingerprint density at radius 1 is 0.971 bits per heavy atom. The highest BCUT2D eigenvalue weighted by molar-refractivity contribution is 7.89. The Kier molecular flexibility index (Phi) is 8.27. The summed E-state index contributed by atoms with van der Waals surface area (Å²) in [4.78, 5) is 15.8. The van der Waals surface area contributed by atoms with Crippen LogP contribution < -0.4 is 5.32 Å². The van der Waals surface area contributed by atoms with Crippen molar-refractivity contribution in [3.63, 3.8) is 0 Å². The van der Waals surface area contributed by atoms with E-state index < -0.39 is 10.0 Å². The number of nitrogens with zero attached hydrogens (tertiary/aromatic N) is 2. The molecule has 2 heterocycles. The van der Waals surface area contributed by atoms with Gasteiger partial charge in [-0.25, -0.2) is 8.42 Å². The molecule has 1 unspecified atom stereocenters. The van der Waals surface area contributed by atoms with E-state index in [1.807, 2.05) is 26.0 Å². The number of ether oxygens (including phenoxy) is 1. The predicted molar refractivity (Wildman–Crippen MR) is 137 cm³/mol. The van der Waals surface area contributed by atoms with Crippen LogP contribution in [0.1, 0.15) is 41.1 Å². The SMILES string of the molecule is Cc1ccc(C(CNC(=O)C2CCN(S(=O)(=O)c3ccc(C)cc3C)CC2)N2CCOCC2)cc1. The molecule has 8 heteroatoms. The second kappa shape index (κ2) is 11.2. The molecule has 0 aromatic heterocycles. The van der Waals surface area contributed by atoms with Crippen molar-refractivity contribution < 1.29 is 17.9 Å². The highest BCUT2D eigenvalue weighted by Crippen LogP contribution is 2.27. The molecule has 1 amide bonds. The van der Waals surface area contributed by atoms with Crippen LogP contribution in [0.25, 0.3) is 0 Å². The lowest BCUT2D eigenvalue weighted by atomic mass is 9.96. The first-order valence-electron chi connectivity index (χ1n) is 12.5. The smallest absolute Gasteiger partial charge is 0.243 e. The van der Waals surface area contributed by atoms with E-state index in [9.17, 15) is 13.2 Å². The monoisotopic (exact) mass is 499 g/mol. The van der Waals surface area contributed by atoms with E-state index in [4.69, 9.17) is 4.74 Å². The van der Waals surface area contributed by atoms with Gasteiger partial charge in [-0.15, -0.1) is 0 Å². The van der Waals surface area contributed by atoms with Crippen LogP contribution in [-0.4, -0.2) is 69.5 Å². The molecular formula is C27H37N3O4S. The highest BCUT2D eigenvalue weighted by Gasteiger charge is 2.33. The fraction of sp³-hybridized carbons (Fsp3) is 0.519. The number of nitrogens with one attached hydrogen (secondary N) is 1. The van der Waals surface area contributed by atoms with Gasteiger partial charge in [-0.3, -0.25) is 9.69 Å². The van der Waals surface area contributed by atoms with E-state index in [2.05, 4.69) is 41.4 Å². The van der Waals surface area contributed by atoms with E-state index in [-0.39, 0.29) is 17.9 Å². The molecule has 7 nitrogen and oxygen atoms in total. The minimum absolute atomic E-state index is 0.0129. The lowest BCUT2D eigenvalue weighted by Crippen LogP contribution is -2.46. The van der Waals surface area contributed by atoms with Gasteiger partial charge in [-0.2, -0.15) is 4.31 Å². The summed E-state index contributed by atoms with van der Waals surface area (Å²) in [6, 6.07) is 14.0. The Labute approximate surface area is 209 Å². The number of sulfonamides is 1. The molecule has 1 N–H and O–H groups in total. The van der Waals surface area contributed by atoms with Gasteiger partial charge in [0.2, 0.25) is 15.9 Å². The van der Waals surface area contributed by atoms with Crippen LogP contribution in [0.4, 0.5) is 0 Å². The Hall–Kier alpha value is -2.26. The summed E-state index contributed by atoms with van der Waals surface area (Å²) in [5, 5.41) is 3.17. The second-order valence-electron chi connectivity index (χ2n) is 9.77. The van der Waals surface area contributed by atoms with E-state index >= 15 is 0 Å². The van der Waals surface area contributed by atoms with Crippen molar-refractivity contribution in [3.8, 4) is 0 Å². The molecule has 4 rings (SSSR count). The van der Waals surface area contributed by atoms with Gasteiger partial charge in [0.25, 0.3) is 0 Å². The molecule has 35 heavy (non-hydrogen) atoms. The van der Waals surface area contributed by atoms with Crippen molar-refractivity contribution in [2.24, 2.45) is 5.92 Å². The number of piperidine rings is 1. The molecule has 1 atom stereocenters. The molecule has 2 aromatic rings. The molecular weight excluding hydrogens is 462 g/mol. The first kappa shape index (κ1) is 25.8. The highest BCUT2D eigenvalue weighted by atomic mass is 32.2. The van der Waals surface area contributed by atoms with Crippen LogP contribution in [0.2, 0.25) is 0 Å². The van der Waals surface area contributed by atoms with Gasteiger partial charge in [0.1, 0.15) is 0 Å². The molecule has 2 aromatic carbocycles. The standard InChI is InChI=1S/C27H37N3O4S/c1-20-4-7-23(8-5-20)25(29-14-16-34-17-15-29)19-28-27(31)24-10-12-30(13-11-24)35(32,33)26-9-6-21(2)18-22(26)3/h4-9,18,24-25H,10-17,19H2,1-3H3,(H,28,31). The van der Waals surface area contributed by atoms with Gasteiger partial charge in [0.15, 0.2) is 0 Å². The number of aryl methyl sites for hydroxylation is 3. The Morgan fingerprint density at radius 2 is 1.60 bits per heavy atom. The number of amides is 1. The summed E-state index contributed by atoms with van der Waals surface area (Å²) in [6.07, 6.45) is 1.06. The zero-order chi connectivity index (χ0) is 25.0. The molecule has 2 aliphatic rings. The van der Waals surface area contributed by atoms with Gasteiger partial charge in [-0.05, 0) is 50.8 Å². The minimum atomic E-state index is -3.56. The van der Waals surface area contributed by atoms with Crippen molar-refractivity contribution in [1.82, 2.24) is 14.5 Å². The maximum Gasteiger partial charge on any atom is 0.243 e. The van der Waals surface area contributed by atoms with Gasteiger partial charge in [0, 0.05) is 38.6 Å². The Morgan fingerprint density at radius 3 is 2.23 bits per heavy atom. The maximum atomic E-state index is 13.2. The number of hydrogen-bond acceptors (Lipinski definition) is 5. The fourth-order valence-corrected chi connectivity index (χ4v) is 6.74. The molecule has 0 bridgehead atoms. The molecule has 0 radical (unpaired) electrons. The quantitative estimate of drug-likeness (QED) is 0.633. The lowest BCUT2D eigenvalue weighted by molar-refractivity contribution is -0.126. The summed E-state index contributed by atoms with van der Waals surface area (Å²) >= 11 is 0. The fourth-order valence-electron chi connectivity index (χ4n) is 5.06. The van der Waals surface area contributed by atoms with Gasteiger partial charge in [0.05, 0.1) is 24.2 Å². The topological polar surface area (TPSA) is 79.0 Å².